The first-order valence-corrected chi connectivity index (χ1v) is 22.8. The van der Waals surface area contributed by atoms with Gasteiger partial charge in [0.2, 0.25) is 0 Å². The van der Waals surface area contributed by atoms with Gasteiger partial charge < -0.3 is 19.3 Å². The van der Waals surface area contributed by atoms with E-state index in [0.29, 0.717) is 19.8 Å². The fraction of sp³-hybridized carbons (Fsp3) is 0.481. The van der Waals surface area contributed by atoms with Crippen molar-refractivity contribution in [1.29, 1.82) is 0 Å². The van der Waals surface area contributed by atoms with Crippen LogP contribution < -0.4 is 14.2 Å². The summed E-state index contributed by atoms with van der Waals surface area (Å²) in [6.07, 6.45) is 21.3. The van der Waals surface area contributed by atoms with Crippen LogP contribution in [0, 0.1) is 35.3 Å². The molecule has 0 atom stereocenters. The molecule has 0 saturated heterocycles. The van der Waals surface area contributed by atoms with E-state index in [1.807, 2.05) is 72.8 Å². The summed E-state index contributed by atoms with van der Waals surface area (Å²) < 4.78 is 49.0. The molecule has 0 aliphatic rings. The van der Waals surface area contributed by atoms with Crippen LogP contribution in [0.2, 0.25) is 0 Å². The molecule has 4 aromatic rings. The van der Waals surface area contributed by atoms with Crippen molar-refractivity contribution >= 4 is 0 Å². The lowest BCUT2D eigenvalue weighted by molar-refractivity contribution is 0.304. The first kappa shape index (κ1) is 47.9. The SMILES string of the molecule is CCCCCCCCOc1ccc(C(C#Cc2cc(F)c(C#CCO)c(F)c2)(c2ccc(OCCCCCCCC)cc2)c2ccc(OCCCCCCCC)cc2)cc1. The molecule has 0 aliphatic carbocycles. The van der Waals surface area contributed by atoms with Gasteiger partial charge in [-0.05, 0) is 84.5 Å². The Bertz CT molecular complexity index is 1740. The third kappa shape index (κ3) is 15.7. The number of aliphatic hydroxyl groups is 1. The molecule has 0 unspecified atom stereocenters. The van der Waals surface area contributed by atoms with Crippen molar-refractivity contribution in [3.63, 3.8) is 0 Å². The Balaban J connectivity index is 1.72. The Morgan fingerprint density at radius 3 is 1.13 bits per heavy atom. The maximum absolute atomic E-state index is 15.2. The molecular formula is C54H68F2O4. The van der Waals surface area contributed by atoms with Crippen molar-refractivity contribution in [2.45, 2.75) is 142 Å². The zero-order valence-corrected chi connectivity index (χ0v) is 36.6. The van der Waals surface area contributed by atoms with Gasteiger partial charge in [0.1, 0.15) is 40.9 Å². The molecule has 60 heavy (non-hydrogen) atoms. The first-order chi connectivity index (χ1) is 29.4. The van der Waals surface area contributed by atoms with Crippen LogP contribution in [0.4, 0.5) is 8.78 Å². The van der Waals surface area contributed by atoms with Crippen LogP contribution in [0.1, 0.15) is 164 Å². The highest BCUT2D eigenvalue weighted by Crippen LogP contribution is 2.41. The largest absolute Gasteiger partial charge is 0.494 e. The molecular weight excluding hydrogens is 751 g/mol. The number of hydrogen-bond acceptors (Lipinski definition) is 4. The Kier molecular flexibility index (Phi) is 22.3. The van der Waals surface area contributed by atoms with Crippen LogP contribution in [0.15, 0.2) is 84.9 Å². The van der Waals surface area contributed by atoms with Crippen LogP contribution in [-0.2, 0) is 5.41 Å². The van der Waals surface area contributed by atoms with Gasteiger partial charge in [-0.2, -0.15) is 0 Å². The van der Waals surface area contributed by atoms with Crippen LogP contribution in [0.5, 0.6) is 17.2 Å². The van der Waals surface area contributed by atoms with E-state index >= 15 is 8.78 Å². The molecule has 0 heterocycles. The van der Waals surface area contributed by atoms with E-state index in [1.54, 1.807) is 0 Å². The summed E-state index contributed by atoms with van der Waals surface area (Å²) in [5.74, 6) is 12.0. The maximum atomic E-state index is 15.2. The van der Waals surface area contributed by atoms with Crippen molar-refractivity contribution < 1.29 is 28.1 Å². The summed E-state index contributed by atoms with van der Waals surface area (Å²) in [5.41, 5.74) is 1.31. The van der Waals surface area contributed by atoms with E-state index < -0.39 is 29.2 Å². The molecule has 4 nitrogen and oxygen atoms in total. The predicted molar refractivity (Wildman–Crippen MR) is 243 cm³/mol. The number of aliphatic hydroxyl groups excluding tert-OH is 1. The van der Waals surface area contributed by atoms with E-state index in [-0.39, 0.29) is 5.56 Å². The Hall–Kier alpha value is -4.78. The standard InChI is InChI=1S/C54H68F2O4/c1-4-7-10-13-16-19-39-58-48-30-24-45(25-31-48)54(37-36-44-42-52(55)51(23-22-38-57)53(56)43-44,46-26-32-49(33-27-46)59-40-20-17-14-11-8-5-2)47-28-34-50(35-29-47)60-41-21-18-15-12-9-6-3/h24-35,42-43,57H,4-21,38-41H2,1-3H3. The molecule has 0 saturated carbocycles. The van der Waals surface area contributed by atoms with Crippen LogP contribution in [0.25, 0.3) is 0 Å². The smallest absolute Gasteiger partial charge is 0.143 e. The molecule has 0 aromatic heterocycles. The van der Waals surface area contributed by atoms with Crippen LogP contribution in [0.3, 0.4) is 0 Å². The topological polar surface area (TPSA) is 47.9 Å². The van der Waals surface area contributed by atoms with E-state index in [1.165, 1.54) is 89.2 Å². The fourth-order valence-electron chi connectivity index (χ4n) is 7.40. The van der Waals surface area contributed by atoms with Crippen molar-refractivity contribution in [2.75, 3.05) is 26.4 Å². The summed E-state index contributed by atoms with van der Waals surface area (Å²) >= 11 is 0. The number of halogens is 2. The second-order valence-corrected chi connectivity index (χ2v) is 15.7. The van der Waals surface area contributed by atoms with Gasteiger partial charge in [0, 0.05) is 5.56 Å². The minimum Gasteiger partial charge on any atom is -0.494 e. The molecule has 0 spiro atoms. The lowest BCUT2D eigenvalue weighted by Gasteiger charge is -2.31. The average Bonchev–Trinajstić information content (AvgIpc) is 3.26. The van der Waals surface area contributed by atoms with Gasteiger partial charge in [-0.1, -0.05) is 177 Å². The third-order valence-corrected chi connectivity index (χ3v) is 10.9. The molecule has 0 radical (unpaired) electrons. The summed E-state index contributed by atoms with van der Waals surface area (Å²) in [4.78, 5) is 0. The van der Waals surface area contributed by atoms with Gasteiger partial charge in [0.05, 0.1) is 25.4 Å². The molecule has 4 rings (SSSR count). The number of ether oxygens (including phenoxy) is 3. The van der Waals surface area contributed by atoms with E-state index in [0.717, 1.165) is 72.5 Å². The van der Waals surface area contributed by atoms with Crippen molar-refractivity contribution in [3.8, 4) is 40.9 Å². The molecule has 6 heteroatoms. The first-order valence-electron chi connectivity index (χ1n) is 22.8. The summed E-state index contributed by atoms with van der Waals surface area (Å²) in [7, 11) is 0. The number of unbranched alkanes of at least 4 members (excludes halogenated alkanes) is 15. The lowest BCUT2D eigenvalue weighted by Crippen LogP contribution is -2.28. The maximum Gasteiger partial charge on any atom is 0.143 e. The summed E-state index contributed by atoms with van der Waals surface area (Å²) in [5, 5.41) is 9.12. The third-order valence-electron chi connectivity index (χ3n) is 10.9. The monoisotopic (exact) mass is 819 g/mol. The fourth-order valence-corrected chi connectivity index (χ4v) is 7.40. The zero-order valence-electron chi connectivity index (χ0n) is 36.6. The average molecular weight is 819 g/mol. The number of hydrogen-bond donors (Lipinski definition) is 1. The molecule has 0 amide bonds. The van der Waals surface area contributed by atoms with Crippen molar-refractivity contribution in [1.82, 2.24) is 0 Å². The normalized spacial score (nSPS) is 11.0. The number of benzene rings is 4. The van der Waals surface area contributed by atoms with Crippen LogP contribution in [-0.4, -0.2) is 31.5 Å². The number of rotatable bonds is 27. The molecule has 0 fully saturated rings. The van der Waals surface area contributed by atoms with Gasteiger partial charge in [-0.15, -0.1) is 0 Å². The molecule has 1 N–H and O–H groups in total. The zero-order chi connectivity index (χ0) is 42.7. The van der Waals surface area contributed by atoms with Gasteiger partial charge in [0.25, 0.3) is 0 Å². The highest BCUT2D eigenvalue weighted by molar-refractivity contribution is 5.61. The molecule has 4 aromatic carbocycles. The minimum atomic E-state index is -1.07. The van der Waals surface area contributed by atoms with Gasteiger partial charge in [0.15, 0.2) is 0 Å². The molecule has 0 aliphatic heterocycles. The van der Waals surface area contributed by atoms with E-state index in [2.05, 4.69) is 44.5 Å². The van der Waals surface area contributed by atoms with E-state index in [4.69, 9.17) is 19.3 Å². The van der Waals surface area contributed by atoms with Gasteiger partial charge >= 0.3 is 0 Å². The van der Waals surface area contributed by atoms with Gasteiger partial charge in [-0.3, -0.25) is 0 Å². The Morgan fingerprint density at radius 2 is 0.800 bits per heavy atom. The lowest BCUT2D eigenvalue weighted by atomic mass is 9.69. The van der Waals surface area contributed by atoms with Crippen molar-refractivity contribution in [2.24, 2.45) is 0 Å². The second kappa shape index (κ2) is 27.9. The summed E-state index contributed by atoms with van der Waals surface area (Å²) in [6, 6.07) is 26.5. The van der Waals surface area contributed by atoms with Crippen molar-refractivity contribution in [3.05, 3.63) is 124 Å². The Morgan fingerprint density at radius 1 is 0.467 bits per heavy atom. The quantitative estimate of drug-likeness (QED) is 0.0370. The predicted octanol–water partition coefficient (Wildman–Crippen LogP) is 13.9. The Labute approximate surface area is 360 Å². The highest BCUT2D eigenvalue weighted by atomic mass is 19.1. The van der Waals surface area contributed by atoms with Gasteiger partial charge in [-0.25, -0.2) is 8.78 Å². The minimum absolute atomic E-state index is 0.167. The summed E-state index contributed by atoms with van der Waals surface area (Å²) in [6.45, 7) is 8.11. The highest BCUT2D eigenvalue weighted by Gasteiger charge is 2.35. The molecule has 0 bridgehead atoms. The molecule has 322 valence electrons. The van der Waals surface area contributed by atoms with Crippen LogP contribution >= 0.6 is 0 Å². The van der Waals surface area contributed by atoms with E-state index in [9.17, 15) is 0 Å². The second-order valence-electron chi connectivity index (χ2n) is 15.7.